The normalized spacial score (nSPS) is 14.7. The molecule has 4 heterocycles. The first-order chi connectivity index (χ1) is 48.5. The minimum absolute atomic E-state index is 0.172. The van der Waals surface area contributed by atoms with Crippen molar-refractivity contribution < 1.29 is 4.42 Å². The Morgan fingerprint density at radius 2 is 0.531 bits per heavy atom. The maximum atomic E-state index is 6.57. The van der Waals surface area contributed by atoms with Crippen LogP contribution in [-0.2, 0) is 10.8 Å². The van der Waals surface area contributed by atoms with Gasteiger partial charge in [-0.3, -0.25) is 0 Å². The lowest BCUT2D eigenvalue weighted by molar-refractivity contribution is 0.353. The SMILES string of the molecule is c1ccc(-c2nc(-c3ccccc3)nc(-c3ccc4c(c3)oc3cc(-c5ccc6c(c5)-c5ccccc5C65CCCCC5)ccc34)n2)cc1.c1ccc(-c2nc(-c3ccccc3)nc(-c3ccc4c(c3)sc3cc(-c5ccc6c(c5)-c5ccccc5C65CCCCC5)ccc34)n2)cc1. The summed E-state index contributed by atoms with van der Waals surface area (Å²) in [4.78, 5) is 29.5. The number of hydrogen-bond donors (Lipinski definition) is 0. The Morgan fingerprint density at radius 1 is 0.235 bits per heavy atom. The minimum atomic E-state index is 0.172. The van der Waals surface area contributed by atoms with E-state index in [2.05, 4.69) is 182 Å². The summed E-state index contributed by atoms with van der Waals surface area (Å²) in [5, 5.41) is 4.73. The smallest absolute Gasteiger partial charge is 0.164 e. The van der Waals surface area contributed by atoms with Gasteiger partial charge in [0, 0.05) is 75.2 Å². The van der Waals surface area contributed by atoms with Crippen LogP contribution in [0.3, 0.4) is 0 Å². The van der Waals surface area contributed by atoms with Gasteiger partial charge in [0.15, 0.2) is 34.9 Å². The molecule has 16 aromatic rings. The third-order valence-electron chi connectivity index (χ3n) is 21.5. The molecule has 4 aliphatic rings. The van der Waals surface area contributed by atoms with E-state index < -0.39 is 0 Å². The lowest BCUT2D eigenvalue weighted by atomic mass is 9.68. The van der Waals surface area contributed by atoms with Gasteiger partial charge in [0.25, 0.3) is 0 Å². The molecule has 0 N–H and O–H groups in total. The maximum Gasteiger partial charge on any atom is 0.164 e. The monoisotopic (exact) mass is 1280 g/mol. The number of fused-ring (bicyclic) bond motifs is 16. The van der Waals surface area contributed by atoms with Gasteiger partial charge in [0.05, 0.1) is 0 Å². The highest BCUT2D eigenvalue weighted by molar-refractivity contribution is 7.25. The zero-order valence-corrected chi connectivity index (χ0v) is 54.9. The summed E-state index contributed by atoms with van der Waals surface area (Å²) >= 11 is 1.84. The summed E-state index contributed by atoms with van der Waals surface area (Å²) in [6.45, 7) is 0. The molecule has 0 unspecified atom stereocenters. The minimum Gasteiger partial charge on any atom is -0.456 e. The van der Waals surface area contributed by atoms with Crippen molar-refractivity contribution in [3.63, 3.8) is 0 Å². The number of furan rings is 1. The first kappa shape index (κ1) is 58.1. The van der Waals surface area contributed by atoms with E-state index in [0.717, 1.165) is 60.9 Å². The molecule has 4 aliphatic carbocycles. The van der Waals surface area contributed by atoms with Gasteiger partial charge in [-0.05, 0) is 141 Å². The maximum absolute atomic E-state index is 6.57. The Kier molecular flexibility index (Phi) is 14.1. The highest BCUT2D eigenvalue weighted by Crippen LogP contribution is 2.58. The number of thiophene rings is 1. The van der Waals surface area contributed by atoms with E-state index in [1.54, 1.807) is 5.56 Å². The van der Waals surface area contributed by atoms with Crippen molar-refractivity contribution >= 4 is 53.4 Å². The van der Waals surface area contributed by atoms with E-state index in [0.29, 0.717) is 34.9 Å². The van der Waals surface area contributed by atoms with Crippen LogP contribution in [0.1, 0.15) is 86.5 Å². The van der Waals surface area contributed by atoms with Crippen molar-refractivity contribution in [3.8, 4) is 113 Å². The molecule has 468 valence electrons. The molecule has 0 atom stereocenters. The number of hydrogen-bond acceptors (Lipinski definition) is 8. The summed E-state index contributed by atoms with van der Waals surface area (Å²) in [5.74, 6) is 3.94. The molecule has 0 bridgehead atoms. The third-order valence-corrected chi connectivity index (χ3v) is 22.6. The quantitative estimate of drug-likeness (QED) is 0.150. The average Bonchev–Trinajstić information content (AvgIpc) is 1.57. The molecule has 8 heteroatoms. The van der Waals surface area contributed by atoms with Crippen molar-refractivity contribution in [1.29, 1.82) is 0 Å². The summed E-state index contributed by atoms with van der Waals surface area (Å²) in [5.41, 5.74) is 24.5. The van der Waals surface area contributed by atoms with E-state index in [4.69, 9.17) is 34.3 Å². The highest BCUT2D eigenvalue weighted by Gasteiger charge is 2.45. The molecule has 2 fully saturated rings. The fourth-order valence-electron chi connectivity index (χ4n) is 16.7. The van der Waals surface area contributed by atoms with Gasteiger partial charge >= 0.3 is 0 Å². The number of rotatable bonds is 8. The molecule has 20 rings (SSSR count). The van der Waals surface area contributed by atoms with Gasteiger partial charge in [-0.1, -0.05) is 269 Å². The fourth-order valence-corrected chi connectivity index (χ4v) is 17.9. The molecule has 0 amide bonds. The van der Waals surface area contributed by atoms with Crippen molar-refractivity contribution in [2.75, 3.05) is 0 Å². The molecule has 98 heavy (non-hydrogen) atoms. The second-order valence-electron chi connectivity index (χ2n) is 27.0. The number of aromatic nitrogens is 6. The second-order valence-corrected chi connectivity index (χ2v) is 28.1. The average molecular weight is 1280 g/mol. The summed E-state index contributed by atoms with van der Waals surface area (Å²) in [6, 6.07) is 99.6. The Bertz CT molecular complexity index is 5300. The first-order valence-electron chi connectivity index (χ1n) is 34.6. The van der Waals surface area contributed by atoms with Crippen LogP contribution in [0, 0.1) is 0 Å². The highest BCUT2D eigenvalue weighted by atomic mass is 32.1. The van der Waals surface area contributed by atoms with Crippen molar-refractivity contribution in [2.45, 2.75) is 75.0 Å². The molecule has 4 aromatic heterocycles. The van der Waals surface area contributed by atoms with Gasteiger partial charge in [-0.15, -0.1) is 11.3 Å². The molecule has 2 saturated carbocycles. The van der Waals surface area contributed by atoms with E-state index in [1.807, 2.05) is 108 Å². The lowest BCUT2D eigenvalue weighted by Gasteiger charge is -2.36. The van der Waals surface area contributed by atoms with E-state index in [1.165, 1.54) is 140 Å². The van der Waals surface area contributed by atoms with Crippen LogP contribution in [0.5, 0.6) is 0 Å². The van der Waals surface area contributed by atoms with E-state index in [-0.39, 0.29) is 10.8 Å². The topological polar surface area (TPSA) is 90.5 Å². The molecular weight excluding hydrogens is 1210 g/mol. The summed E-state index contributed by atoms with van der Waals surface area (Å²) in [6.07, 6.45) is 12.9. The van der Waals surface area contributed by atoms with Gasteiger partial charge in [-0.25, -0.2) is 29.9 Å². The molecule has 7 nitrogen and oxygen atoms in total. The van der Waals surface area contributed by atoms with Crippen LogP contribution >= 0.6 is 11.3 Å². The number of benzene rings is 12. The standard InChI is InChI=1S/C45H33N3O.C45H33N3S/c2*1-4-12-29(13-5-1)42-46-43(30-14-6-2-7-15-30)48-44(47-42)33-19-22-36-35-21-18-32(27-40(35)49-41(36)28-33)31-20-23-39-37(26-31)34-16-8-9-17-38(34)45(39)24-10-3-11-25-45/h2*1-2,4-9,12-23,26-28H,3,10-11,24-25H2. The van der Waals surface area contributed by atoms with Gasteiger partial charge in [0.1, 0.15) is 11.2 Å². The van der Waals surface area contributed by atoms with Gasteiger partial charge in [-0.2, -0.15) is 0 Å². The molecule has 12 aromatic carbocycles. The second kappa shape index (κ2) is 23.8. The van der Waals surface area contributed by atoms with Crippen LogP contribution in [0.25, 0.3) is 155 Å². The number of nitrogens with zero attached hydrogens (tertiary/aromatic N) is 6. The predicted molar refractivity (Wildman–Crippen MR) is 402 cm³/mol. The van der Waals surface area contributed by atoms with Crippen LogP contribution in [0.4, 0.5) is 0 Å². The van der Waals surface area contributed by atoms with Crippen LogP contribution in [0.15, 0.2) is 283 Å². The Labute approximate surface area is 573 Å². The Morgan fingerprint density at radius 3 is 0.949 bits per heavy atom. The molecular formula is C90H66N6OS. The Hall–Kier alpha value is -11.3. The van der Waals surface area contributed by atoms with Crippen molar-refractivity contribution in [3.05, 3.63) is 301 Å². The summed E-state index contributed by atoms with van der Waals surface area (Å²) in [7, 11) is 0. The van der Waals surface area contributed by atoms with Gasteiger partial charge in [0.2, 0.25) is 0 Å². The summed E-state index contributed by atoms with van der Waals surface area (Å²) < 4.78 is 9.10. The zero-order valence-electron chi connectivity index (χ0n) is 54.1. The van der Waals surface area contributed by atoms with Crippen molar-refractivity contribution in [2.24, 2.45) is 0 Å². The van der Waals surface area contributed by atoms with E-state index in [9.17, 15) is 0 Å². The Balaban J connectivity index is 0.000000137. The van der Waals surface area contributed by atoms with E-state index >= 15 is 0 Å². The largest absolute Gasteiger partial charge is 0.456 e. The van der Waals surface area contributed by atoms with Crippen LogP contribution in [0.2, 0.25) is 0 Å². The predicted octanol–water partition coefficient (Wildman–Crippen LogP) is 23.8. The fraction of sp³-hybridized carbons (Fsp3) is 0.133. The van der Waals surface area contributed by atoms with Crippen LogP contribution < -0.4 is 0 Å². The zero-order chi connectivity index (χ0) is 64.7. The van der Waals surface area contributed by atoms with Crippen molar-refractivity contribution in [1.82, 2.24) is 29.9 Å². The first-order valence-corrected chi connectivity index (χ1v) is 35.5. The van der Waals surface area contributed by atoms with Gasteiger partial charge < -0.3 is 4.42 Å². The lowest BCUT2D eigenvalue weighted by Crippen LogP contribution is -2.27. The third kappa shape index (κ3) is 9.90. The van der Waals surface area contributed by atoms with Crippen LogP contribution in [-0.4, -0.2) is 29.9 Å². The molecule has 2 spiro atoms. The molecule has 0 saturated heterocycles. The molecule has 0 aliphatic heterocycles. The molecule has 0 radical (unpaired) electrons.